The maximum atomic E-state index is 13.0. The topological polar surface area (TPSA) is 214 Å². The largest absolute Gasteiger partial charge is 0.457 e. The predicted molar refractivity (Wildman–Crippen MR) is 247 cm³/mol. The second-order valence-corrected chi connectivity index (χ2v) is 18.3. The molecule has 7 N–H and O–H groups in total. The summed E-state index contributed by atoms with van der Waals surface area (Å²) in [5, 5.41) is 72.0. The Morgan fingerprint density at radius 3 is 1.42 bits per heavy atom. The summed E-state index contributed by atoms with van der Waals surface area (Å²) in [5.41, 5.74) is 0. The molecule has 14 heteroatoms. The molecule has 378 valence electrons. The third-order valence-corrected chi connectivity index (χ3v) is 12.5. The molecule has 0 aromatic carbocycles. The molecule has 14 nitrogen and oxygen atoms in total. The van der Waals surface area contributed by atoms with Gasteiger partial charge in [-0.1, -0.05) is 167 Å². The van der Waals surface area contributed by atoms with Crippen LogP contribution in [0.5, 0.6) is 0 Å². The summed E-state index contributed by atoms with van der Waals surface area (Å²) in [5.74, 6) is -0.376. The van der Waals surface area contributed by atoms with Gasteiger partial charge in [-0.3, -0.25) is 4.79 Å². The van der Waals surface area contributed by atoms with E-state index in [0.29, 0.717) is 13.0 Å². The Bertz CT molecular complexity index is 1110. The summed E-state index contributed by atoms with van der Waals surface area (Å²) in [6.07, 6.45) is 22.9. The summed E-state index contributed by atoms with van der Waals surface area (Å²) in [6.45, 7) is 3.69. The molecule has 0 aromatic rings. The average molecular weight is 919 g/mol. The minimum Gasteiger partial charge on any atom is -0.457 e. The Balaban J connectivity index is 1.71. The highest BCUT2D eigenvalue weighted by Crippen LogP contribution is 2.26. The van der Waals surface area contributed by atoms with Crippen LogP contribution in [0.25, 0.3) is 0 Å². The normalized spacial score (nSPS) is 26.8. The predicted octanol–water partition coefficient (Wildman–Crippen LogP) is 7.46. The number of carbonyl (C=O) groups is 1. The van der Waals surface area contributed by atoms with Crippen molar-refractivity contribution in [2.75, 3.05) is 33.0 Å². The van der Waals surface area contributed by atoms with Gasteiger partial charge in [0, 0.05) is 13.0 Å². The third kappa shape index (κ3) is 26.3. The second-order valence-electron chi connectivity index (χ2n) is 18.3. The minimum absolute atomic E-state index is 0.0655. The molecular formula is C50H94O14. The number of rotatable bonds is 41. The van der Waals surface area contributed by atoms with E-state index in [1.165, 1.54) is 135 Å². The fourth-order valence-corrected chi connectivity index (χ4v) is 8.28. The molecule has 0 spiro atoms. The monoisotopic (exact) mass is 919 g/mol. The van der Waals surface area contributed by atoms with Crippen LogP contribution in [0, 0.1) is 0 Å². The molecule has 0 bridgehead atoms. The fraction of sp³-hybridized carbons (Fsp3) is 0.940. The van der Waals surface area contributed by atoms with Gasteiger partial charge in [-0.15, -0.1) is 0 Å². The molecule has 2 aliphatic rings. The molecule has 2 fully saturated rings. The van der Waals surface area contributed by atoms with Crippen LogP contribution in [-0.2, 0) is 33.2 Å². The summed E-state index contributed by atoms with van der Waals surface area (Å²) < 4.78 is 34.2. The molecule has 0 aliphatic carbocycles. The molecule has 2 heterocycles. The zero-order chi connectivity index (χ0) is 46.6. The number of hydrogen-bond donors (Lipinski definition) is 7. The molecule has 2 saturated heterocycles. The lowest BCUT2D eigenvalue weighted by Gasteiger charge is -2.42. The van der Waals surface area contributed by atoms with Gasteiger partial charge in [0.1, 0.15) is 54.9 Å². The number of ether oxygens (including phenoxy) is 6. The highest BCUT2D eigenvalue weighted by Gasteiger charge is 2.47. The van der Waals surface area contributed by atoms with Gasteiger partial charge in [-0.25, -0.2) is 0 Å². The molecular weight excluding hydrogens is 825 g/mol. The highest BCUT2D eigenvalue weighted by atomic mass is 16.7. The summed E-state index contributed by atoms with van der Waals surface area (Å²) >= 11 is 0. The Morgan fingerprint density at radius 2 is 0.922 bits per heavy atom. The van der Waals surface area contributed by atoms with E-state index >= 15 is 0 Å². The molecule has 11 unspecified atom stereocenters. The second kappa shape index (κ2) is 38.7. The smallest absolute Gasteiger partial charge is 0.306 e. The number of allylic oxidation sites excluding steroid dienone is 2. The fourth-order valence-electron chi connectivity index (χ4n) is 8.28. The first-order valence-corrected chi connectivity index (χ1v) is 25.8. The van der Waals surface area contributed by atoms with Crippen LogP contribution in [0.1, 0.15) is 200 Å². The number of carbonyl (C=O) groups excluding carboxylic acids is 1. The maximum absolute atomic E-state index is 13.0. The molecule has 0 aromatic heterocycles. The zero-order valence-electron chi connectivity index (χ0n) is 40.0. The van der Waals surface area contributed by atoms with E-state index in [4.69, 9.17) is 28.4 Å². The van der Waals surface area contributed by atoms with Gasteiger partial charge in [-0.2, -0.15) is 0 Å². The van der Waals surface area contributed by atoms with Crippen molar-refractivity contribution in [1.29, 1.82) is 0 Å². The molecule has 2 rings (SSSR count). The van der Waals surface area contributed by atoms with E-state index in [0.717, 1.165) is 38.5 Å². The molecule has 64 heavy (non-hydrogen) atoms. The molecule has 0 radical (unpaired) electrons. The number of aliphatic hydroxyl groups is 7. The van der Waals surface area contributed by atoms with Crippen molar-refractivity contribution in [1.82, 2.24) is 0 Å². The Kier molecular flexibility index (Phi) is 35.6. The standard InChI is InChI=1S/C50H94O14/c1-3-5-7-9-11-13-14-15-16-17-18-19-20-21-22-23-24-25-27-29-31-33-42(52)62-39(36-59-34-32-30-28-26-12-10-8-6-4-2)37-60-49-48(58)46(56)44(54)41(64-49)38-61-50-47(57)45(55)43(53)40(35-51)63-50/h17-18,39-41,43-51,53-58H,3-16,19-38H2,1-2H3/b18-17-. The number of hydrogen-bond acceptors (Lipinski definition) is 14. The first kappa shape index (κ1) is 58.9. The van der Waals surface area contributed by atoms with Gasteiger partial charge in [-0.05, 0) is 38.5 Å². The van der Waals surface area contributed by atoms with Gasteiger partial charge < -0.3 is 64.2 Å². The van der Waals surface area contributed by atoms with Gasteiger partial charge >= 0.3 is 5.97 Å². The van der Waals surface area contributed by atoms with Gasteiger partial charge in [0.05, 0.1) is 26.4 Å². The van der Waals surface area contributed by atoms with Gasteiger partial charge in [0.25, 0.3) is 0 Å². The first-order chi connectivity index (χ1) is 31.1. The highest BCUT2D eigenvalue weighted by molar-refractivity contribution is 5.69. The maximum Gasteiger partial charge on any atom is 0.306 e. The van der Waals surface area contributed by atoms with Crippen molar-refractivity contribution in [2.45, 2.75) is 268 Å². The van der Waals surface area contributed by atoms with Crippen LogP contribution in [0.3, 0.4) is 0 Å². The molecule has 0 saturated carbocycles. The van der Waals surface area contributed by atoms with E-state index < -0.39 is 80.7 Å². The lowest BCUT2D eigenvalue weighted by atomic mass is 9.98. The van der Waals surface area contributed by atoms with Crippen molar-refractivity contribution in [3.05, 3.63) is 12.2 Å². The Hall–Kier alpha value is -1.27. The van der Waals surface area contributed by atoms with Crippen LogP contribution in [0.2, 0.25) is 0 Å². The summed E-state index contributed by atoms with van der Waals surface area (Å²) in [4.78, 5) is 13.0. The Labute approximate surface area is 386 Å². The van der Waals surface area contributed by atoms with Crippen molar-refractivity contribution >= 4 is 5.97 Å². The SMILES string of the molecule is CCCCCCCCCC/C=C\CCCCCCCCCCCC(=O)OC(COCCCCCCCCCCC)COC1OC(COC2OC(CO)C(O)C(O)C2O)C(O)C(O)C1O. The van der Waals surface area contributed by atoms with Crippen LogP contribution in [0.4, 0.5) is 0 Å². The lowest BCUT2D eigenvalue weighted by Crippen LogP contribution is -2.61. The van der Waals surface area contributed by atoms with Crippen LogP contribution in [-0.4, -0.2) is 142 Å². The zero-order valence-corrected chi connectivity index (χ0v) is 40.0. The van der Waals surface area contributed by atoms with Crippen molar-refractivity contribution in [3.63, 3.8) is 0 Å². The van der Waals surface area contributed by atoms with Gasteiger partial charge in [0.2, 0.25) is 0 Å². The van der Waals surface area contributed by atoms with E-state index in [1.54, 1.807) is 0 Å². The van der Waals surface area contributed by atoms with E-state index in [2.05, 4.69) is 26.0 Å². The number of esters is 1. The van der Waals surface area contributed by atoms with Crippen LogP contribution < -0.4 is 0 Å². The van der Waals surface area contributed by atoms with E-state index in [1.807, 2.05) is 0 Å². The number of aliphatic hydroxyl groups excluding tert-OH is 7. The molecule has 11 atom stereocenters. The molecule has 0 amide bonds. The molecule has 2 aliphatic heterocycles. The van der Waals surface area contributed by atoms with E-state index in [9.17, 15) is 40.5 Å². The quantitative estimate of drug-likeness (QED) is 0.0180. The van der Waals surface area contributed by atoms with Crippen LogP contribution >= 0.6 is 0 Å². The van der Waals surface area contributed by atoms with Gasteiger partial charge in [0.15, 0.2) is 12.6 Å². The third-order valence-electron chi connectivity index (χ3n) is 12.5. The minimum atomic E-state index is -1.70. The van der Waals surface area contributed by atoms with E-state index in [-0.39, 0.29) is 25.6 Å². The first-order valence-electron chi connectivity index (χ1n) is 25.8. The summed E-state index contributed by atoms with van der Waals surface area (Å²) in [7, 11) is 0. The van der Waals surface area contributed by atoms with Crippen LogP contribution in [0.15, 0.2) is 12.2 Å². The summed E-state index contributed by atoms with van der Waals surface area (Å²) in [6, 6.07) is 0. The van der Waals surface area contributed by atoms with Crippen molar-refractivity contribution in [3.8, 4) is 0 Å². The van der Waals surface area contributed by atoms with Crippen molar-refractivity contribution in [2.24, 2.45) is 0 Å². The van der Waals surface area contributed by atoms with Crippen molar-refractivity contribution < 1.29 is 69.0 Å². The lowest BCUT2D eigenvalue weighted by molar-refractivity contribution is -0.332. The number of unbranched alkanes of at least 4 members (excludes halogenated alkanes) is 25. The average Bonchev–Trinajstić information content (AvgIpc) is 3.29. The Morgan fingerprint density at radius 1 is 0.500 bits per heavy atom.